The van der Waals surface area contributed by atoms with Crippen LogP contribution in [0.1, 0.15) is 41.7 Å². The Labute approximate surface area is 197 Å². The zero-order chi connectivity index (χ0) is 23.6. The van der Waals surface area contributed by atoms with Crippen LogP contribution in [0.5, 0.6) is 5.75 Å². The second-order valence-corrected chi connectivity index (χ2v) is 8.42. The van der Waals surface area contributed by atoms with Gasteiger partial charge in [0.25, 0.3) is 5.91 Å². The van der Waals surface area contributed by atoms with Gasteiger partial charge in [-0.1, -0.05) is 37.3 Å². The van der Waals surface area contributed by atoms with E-state index in [2.05, 4.69) is 46.4 Å². The number of nitrogens with zero attached hydrogens (tertiary/aromatic N) is 2. The van der Waals surface area contributed by atoms with Crippen LogP contribution in [0.3, 0.4) is 0 Å². The molecular formula is C26H37N3O4. The summed E-state index contributed by atoms with van der Waals surface area (Å²) in [6.07, 6.45) is 2.10. The van der Waals surface area contributed by atoms with Crippen LogP contribution in [0.25, 0.3) is 0 Å². The lowest BCUT2D eigenvalue weighted by Gasteiger charge is -2.34. The highest BCUT2D eigenvalue weighted by atomic mass is 16.7. The molecule has 0 bridgehead atoms. The zero-order valence-corrected chi connectivity index (χ0v) is 20.3. The number of methoxy groups -OCH3 is 2. The van der Waals surface area contributed by atoms with Crippen LogP contribution >= 0.6 is 0 Å². The Kier molecular flexibility index (Phi) is 9.54. The minimum Gasteiger partial charge on any atom is -0.495 e. The lowest BCUT2D eigenvalue weighted by molar-refractivity contribution is -0.0671. The number of benzene rings is 2. The topological polar surface area (TPSA) is 63.3 Å². The van der Waals surface area contributed by atoms with Crippen molar-refractivity contribution in [2.45, 2.75) is 31.9 Å². The van der Waals surface area contributed by atoms with Gasteiger partial charge >= 0.3 is 0 Å². The van der Waals surface area contributed by atoms with Crippen LogP contribution in [-0.2, 0) is 9.47 Å². The lowest BCUT2D eigenvalue weighted by Crippen LogP contribution is -2.36. The van der Waals surface area contributed by atoms with Gasteiger partial charge in [0.15, 0.2) is 0 Å². The number of rotatable bonds is 12. The van der Waals surface area contributed by atoms with Gasteiger partial charge in [-0.25, -0.2) is 0 Å². The Bertz CT molecular complexity index is 877. The second-order valence-electron chi connectivity index (χ2n) is 8.42. The first-order chi connectivity index (χ1) is 16.1. The van der Waals surface area contributed by atoms with Crippen LogP contribution in [0.4, 0.5) is 5.69 Å². The number of likely N-dealkylation sites (tertiary alicyclic amines) is 1. The molecule has 2 aromatic rings. The van der Waals surface area contributed by atoms with E-state index in [0.717, 1.165) is 38.2 Å². The van der Waals surface area contributed by atoms with Gasteiger partial charge in [-0.15, -0.1) is 0 Å². The molecule has 1 fully saturated rings. The maximum Gasteiger partial charge on any atom is 0.251 e. The number of nitrogens with one attached hydrogen (secondary N) is 1. The van der Waals surface area contributed by atoms with E-state index in [4.69, 9.17) is 14.2 Å². The van der Waals surface area contributed by atoms with Crippen molar-refractivity contribution in [1.29, 1.82) is 0 Å². The fourth-order valence-corrected chi connectivity index (χ4v) is 4.25. The van der Waals surface area contributed by atoms with E-state index >= 15 is 0 Å². The smallest absolute Gasteiger partial charge is 0.251 e. The average molecular weight is 456 g/mol. The maximum absolute atomic E-state index is 12.4. The summed E-state index contributed by atoms with van der Waals surface area (Å²) in [6, 6.07) is 16.3. The summed E-state index contributed by atoms with van der Waals surface area (Å²) in [5.41, 5.74) is 2.78. The van der Waals surface area contributed by atoms with Crippen molar-refractivity contribution < 1.29 is 19.0 Å². The van der Waals surface area contributed by atoms with Crippen molar-refractivity contribution in [3.05, 3.63) is 59.7 Å². The second kappa shape index (κ2) is 12.6. The van der Waals surface area contributed by atoms with Crippen molar-refractivity contribution in [3.63, 3.8) is 0 Å². The molecule has 33 heavy (non-hydrogen) atoms. The number of carbonyl (C=O) groups excluding carboxylic acids is 1. The van der Waals surface area contributed by atoms with Gasteiger partial charge in [0.1, 0.15) is 12.5 Å². The fraction of sp³-hybridized carbons (Fsp3) is 0.500. The number of carbonyl (C=O) groups is 1. The van der Waals surface area contributed by atoms with Crippen molar-refractivity contribution >= 4 is 11.6 Å². The third-order valence-electron chi connectivity index (χ3n) is 6.09. The van der Waals surface area contributed by atoms with Crippen LogP contribution in [0.15, 0.2) is 48.5 Å². The Morgan fingerprint density at radius 2 is 2.00 bits per heavy atom. The Balaban J connectivity index is 1.81. The van der Waals surface area contributed by atoms with Gasteiger partial charge in [0.2, 0.25) is 0 Å². The number of ether oxygens (including phenoxy) is 3. The summed E-state index contributed by atoms with van der Waals surface area (Å²) in [7, 11) is 5.39. The first-order valence-corrected chi connectivity index (χ1v) is 11.6. The van der Waals surface area contributed by atoms with E-state index < -0.39 is 0 Å². The molecule has 7 heteroatoms. The van der Waals surface area contributed by atoms with Gasteiger partial charge in [-0.3, -0.25) is 9.69 Å². The minimum atomic E-state index is -0.0804. The zero-order valence-electron chi connectivity index (χ0n) is 20.3. The van der Waals surface area contributed by atoms with Crippen LogP contribution < -0.4 is 15.0 Å². The highest BCUT2D eigenvalue weighted by Crippen LogP contribution is 2.35. The van der Waals surface area contributed by atoms with Gasteiger partial charge in [-0.05, 0) is 36.6 Å². The van der Waals surface area contributed by atoms with E-state index in [0.29, 0.717) is 24.7 Å². The summed E-state index contributed by atoms with van der Waals surface area (Å²) in [6.45, 7) is 5.75. The van der Waals surface area contributed by atoms with E-state index in [1.54, 1.807) is 14.2 Å². The molecule has 0 spiro atoms. The number of hydrogen-bond acceptors (Lipinski definition) is 6. The summed E-state index contributed by atoms with van der Waals surface area (Å²) < 4.78 is 16.6. The fourth-order valence-electron chi connectivity index (χ4n) is 4.25. The van der Waals surface area contributed by atoms with Crippen LogP contribution in [-0.4, -0.2) is 71.2 Å². The molecule has 2 atom stereocenters. The Hall–Kier alpha value is -2.61. The lowest BCUT2D eigenvalue weighted by atomic mass is 10.0. The normalized spacial score (nSPS) is 17.0. The van der Waals surface area contributed by atoms with Gasteiger partial charge in [0, 0.05) is 45.9 Å². The van der Waals surface area contributed by atoms with E-state index in [-0.39, 0.29) is 18.1 Å². The first kappa shape index (κ1) is 25.0. The average Bonchev–Trinajstić information content (AvgIpc) is 3.31. The highest BCUT2D eigenvalue weighted by Gasteiger charge is 2.28. The minimum absolute atomic E-state index is 0.0804. The molecular weight excluding hydrogens is 418 g/mol. The van der Waals surface area contributed by atoms with Gasteiger partial charge < -0.3 is 24.4 Å². The van der Waals surface area contributed by atoms with E-state index in [9.17, 15) is 4.79 Å². The monoisotopic (exact) mass is 455 g/mol. The Morgan fingerprint density at radius 1 is 1.21 bits per heavy atom. The molecule has 2 aromatic carbocycles. The SMILES string of the molecule is CCCNC(=O)c1ccc(N(C)C(CN2CCC(OCOC)C2)c2ccccc2)c(OC)c1. The van der Waals surface area contributed by atoms with Gasteiger partial charge in [0.05, 0.1) is 24.9 Å². The molecule has 1 aliphatic heterocycles. The third kappa shape index (κ3) is 6.69. The van der Waals surface area contributed by atoms with Crippen molar-refractivity contribution in [1.82, 2.24) is 10.2 Å². The predicted octanol–water partition coefficient (Wildman–Crippen LogP) is 3.71. The molecule has 1 saturated heterocycles. The molecule has 180 valence electrons. The van der Waals surface area contributed by atoms with Gasteiger partial charge in [-0.2, -0.15) is 0 Å². The predicted molar refractivity (Wildman–Crippen MR) is 131 cm³/mol. The molecule has 2 unspecified atom stereocenters. The molecule has 1 aliphatic rings. The molecule has 0 saturated carbocycles. The number of likely N-dealkylation sites (N-methyl/N-ethyl adjacent to an activating group) is 1. The summed E-state index contributed by atoms with van der Waals surface area (Å²) in [5.74, 6) is 0.605. The highest BCUT2D eigenvalue weighted by molar-refractivity contribution is 5.95. The van der Waals surface area contributed by atoms with Crippen LogP contribution in [0.2, 0.25) is 0 Å². The largest absolute Gasteiger partial charge is 0.495 e. The van der Waals surface area contributed by atoms with E-state index in [1.807, 2.05) is 31.2 Å². The first-order valence-electron chi connectivity index (χ1n) is 11.6. The third-order valence-corrected chi connectivity index (χ3v) is 6.09. The summed E-state index contributed by atoms with van der Waals surface area (Å²) in [5, 5.41) is 2.93. The van der Waals surface area contributed by atoms with E-state index in [1.165, 1.54) is 5.56 Å². The number of hydrogen-bond donors (Lipinski definition) is 1. The van der Waals surface area contributed by atoms with Crippen molar-refractivity contribution in [2.24, 2.45) is 0 Å². The molecule has 1 heterocycles. The maximum atomic E-state index is 12.4. The van der Waals surface area contributed by atoms with Crippen molar-refractivity contribution in [3.8, 4) is 5.75 Å². The number of amides is 1. The summed E-state index contributed by atoms with van der Waals surface area (Å²) >= 11 is 0. The van der Waals surface area contributed by atoms with Crippen LogP contribution in [0, 0.1) is 0 Å². The quantitative estimate of drug-likeness (QED) is 0.493. The molecule has 0 aliphatic carbocycles. The molecule has 1 amide bonds. The molecule has 0 aromatic heterocycles. The molecule has 3 rings (SSSR count). The molecule has 1 N–H and O–H groups in total. The summed E-state index contributed by atoms with van der Waals surface area (Å²) in [4.78, 5) is 17.1. The Morgan fingerprint density at radius 3 is 2.70 bits per heavy atom. The number of anilines is 1. The standard InChI is InChI=1S/C26H37N3O4/c1-5-14-27-26(30)21-11-12-23(25(16-21)32-4)28(2)24(20-9-7-6-8-10-20)18-29-15-13-22(17-29)33-19-31-3/h6-12,16,22,24H,5,13-15,17-19H2,1-4H3,(H,27,30). The van der Waals surface area contributed by atoms with Crippen molar-refractivity contribution in [2.75, 3.05) is 59.1 Å². The molecule has 7 nitrogen and oxygen atoms in total. The molecule has 0 radical (unpaired) electrons.